The van der Waals surface area contributed by atoms with Crippen LogP contribution in [0.4, 0.5) is 11.5 Å². The third-order valence-corrected chi connectivity index (χ3v) is 6.57. The summed E-state index contributed by atoms with van der Waals surface area (Å²) in [5.74, 6) is 0.994. The molecule has 2 aliphatic heterocycles. The summed E-state index contributed by atoms with van der Waals surface area (Å²) in [7, 11) is 0. The summed E-state index contributed by atoms with van der Waals surface area (Å²) in [6.45, 7) is 4.92. The molecule has 0 N–H and O–H groups in total. The SMILES string of the molecule is O=C(c1ccc(-c2nccnc2N2CCCC2)cc1)N1CCN(c2ccccc2Cl)CC1. The molecule has 6 nitrogen and oxygen atoms in total. The second kappa shape index (κ2) is 9.17. The summed E-state index contributed by atoms with van der Waals surface area (Å²) < 4.78 is 0. The average Bonchev–Trinajstić information content (AvgIpc) is 3.39. The number of carbonyl (C=O) groups excluding carboxylic acids is 1. The predicted octanol–water partition coefficient (Wildman–Crippen LogP) is 4.36. The van der Waals surface area contributed by atoms with Gasteiger partial charge in [-0.3, -0.25) is 9.78 Å². The summed E-state index contributed by atoms with van der Waals surface area (Å²) in [6.07, 6.45) is 5.85. The van der Waals surface area contributed by atoms with E-state index in [2.05, 4.69) is 19.8 Å². The molecule has 0 radical (unpaired) electrons. The maximum absolute atomic E-state index is 13.1. The van der Waals surface area contributed by atoms with Gasteiger partial charge in [0.25, 0.3) is 5.91 Å². The zero-order valence-corrected chi connectivity index (χ0v) is 18.7. The van der Waals surface area contributed by atoms with E-state index in [1.807, 2.05) is 53.4 Å². The molecule has 0 atom stereocenters. The van der Waals surface area contributed by atoms with Crippen LogP contribution in [-0.2, 0) is 0 Å². The van der Waals surface area contributed by atoms with Crippen LogP contribution in [0.3, 0.4) is 0 Å². The number of benzene rings is 2. The zero-order valence-electron chi connectivity index (χ0n) is 18.0. The van der Waals surface area contributed by atoms with E-state index in [1.165, 1.54) is 12.8 Å². The van der Waals surface area contributed by atoms with Gasteiger partial charge in [-0.15, -0.1) is 0 Å². The third kappa shape index (κ3) is 4.15. The van der Waals surface area contributed by atoms with Gasteiger partial charge < -0.3 is 14.7 Å². The van der Waals surface area contributed by atoms with E-state index in [1.54, 1.807) is 12.4 Å². The number of carbonyl (C=O) groups is 1. The second-order valence-corrected chi connectivity index (χ2v) is 8.64. The van der Waals surface area contributed by atoms with Crippen LogP contribution in [0.5, 0.6) is 0 Å². The maximum atomic E-state index is 13.1. The number of hydrogen-bond acceptors (Lipinski definition) is 5. The average molecular weight is 448 g/mol. The Labute approximate surface area is 193 Å². The van der Waals surface area contributed by atoms with Gasteiger partial charge in [0.2, 0.25) is 0 Å². The molecule has 2 saturated heterocycles. The number of amides is 1. The van der Waals surface area contributed by atoms with Crippen LogP contribution in [0.15, 0.2) is 60.9 Å². The van der Waals surface area contributed by atoms with Crippen molar-refractivity contribution < 1.29 is 4.79 Å². The topological polar surface area (TPSA) is 52.6 Å². The Hall–Kier alpha value is -3.12. The Morgan fingerprint density at radius 2 is 1.47 bits per heavy atom. The first-order valence-corrected chi connectivity index (χ1v) is 11.5. The molecule has 3 heterocycles. The van der Waals surface area contributed by atoms with Crippen molar-refractivity contribution in [3.63, 3.8) is 0 Å². The lowest BCUT2D eigenvalue weighted by Crippen LogP contribution is -2.48. The first-order chi connectivity index (χ1) is 15.7. The van der Waals surface area contributed by atoms with Crippen molar-refractivity contribution in [1.29, 1.82) is 0 Å². The van der Waals surface area contributed by atoms with E-state index in [9.17, 15) is 4.79 Å². The molecular weight excluding hydrogens is 422 g/mol. The van der Waals surface area contributed by atoms with Gasteiger partial charge in [0, 0.05) is 62.8 Å². The number of rotatable bonds is 4. The molecule has 2 fully saturated rings. The van der Waals surface area contributed by atoms with Gasteiger partial charge in [-0.1, -0.05) is 35.9 Å². The van der Waals surface area contributed by atoms with Gasteiger partial charge in [0.15, 0.2) is 5.82 Å². The highest BCUT2D eigenvalue weighted by molar-refractivity contribution is 6.33. The summed E-state index contributed by atoms with van der Waals surface area (Å²) in [5, 5.41) is 0.750. The van der Waals surface area contributed by atoms with E-state index in [-0.39, 0.29) is 5.91 Å². The van der Waals surface area contributed by atoms with Crippen LogP contribution in [0.1, 0.15) is 23.2 Å². The van der Waals surface area contributed by atoms with Crippen LogP contribution >= 0.6 is 11.6 Å². The summed E-state index contributed by atoms with van der Waals surface area (Å²) in [5.41, 5.74) is 3.59. The maximum Gasteiger partial charge on any atom is 0.253 e. The van der Waals surface area contributed by atoms with Crippen LogP contribution in [0, 0.1) is 0 Å². The molecule has 3 aromatic rings. The fourth-order valence-electron chi connectivity index (χ4n) is 4.51. The van der Waals surface area contributed by atoms with Gasteiger partial charge in [0.1, 0.15) is 5.69 Å². The van der Waals surface area contributed by atoms with Crippen molar-refractivity contribution in [2.45, 2.75) is 12.8 Å². The molecule has 0 bridgehead atoms. The molecule has 1 amide bonds. The van der Waals surface area contributed by atoms with Crippen molar-refractivity contribution in [1.82, 2.24) is 14.9 Å². The molecule has 5 rings (SSSR count). The smallest absolute Gasteiger partial charge is 0.253 e. The highest BCUT2D eigenvalue weighted by atomic mass is 35.5. The molecule has 2 aliphatic rings. The lowest BCUT2D eigenvalue weighted by atomic mass is 10.1. The normalized spacial score (nSPS) is 16.5. The molecule has 7 heteroatoms. The molecule has 2 aromatic carbocycles. The van der Waals surface area contributed by atoms with E-state index in [4.69, 9.17) is 11.6 Å². The number of hydrogen-bond donors (Lipinski definition) is 0. The lowest BCUT2D eigenvalue weighted by molar-refractivity contribution is 0.0747. The quantitative estimate of drug-likeness (QED) is 0.594. The minimum Gasteiger partial charge on any atom is -0.367 e. The Bertz CT molecular complexity index is 1090. The van der Waals surface area contributed by atoms with Crippen molar-refractivity contribution in [2.24, 2.45) is 0 Å². The number of aromatic nitrogens is 2. The van der Waals surface area contributed by atoms with E-state index in [0.717, 1.165) is 54.0 Å². The molecule has 0 aliphatic carbocycles. The highest BCUT2D eigenvalue weighted by Gasteiger charge is 2.24. The van der Waals surface area contributed by atoms with Crippen LogP contribution in [0.2, 0.25) is 5.02 Å². The predicted molar refractivity (Wildman–Crippen MR) is 128 cm³/mol. The first kappa shape index (κ1) is 20.8. The summed E-state index contributed by atoms with van der Waals surface area (Å²) in [4.78, 5) is 28.7. The molecule has 0 saturated carbocycles. The van der Waals surface area contributed by atoms with Crippen LogP contribution in [0.25, 0.3) is 11.3 Å². The van der Waals surface area contributed by atoms with Crippen molar-refractivity contribution in [3.8, 4) is 11.3 Å². The number of nitrogens with zero attached hydrogens (tertiary/aromatic N) is 5. The molecule has 32 heavy (non-hydrogen) atoms. The van der Waals surface area contributed by atoms with Crippen molar-refractivity contribution >= 4 is 29.0 Å². The van der Waals surface area contributed by atoms with Gasteiger partial charge in [-0.05, 0) is 37.1 Å². The zero-order chi connectivity index (χ0) is 21.9. The number of halogens is 1. The molecule has 1 aromatic heterocycles. The second-order valence-electron chi connectivity index (χ2n) is 8.23. The Kier molecular flexibility index (Phi) is 5.95. The lowest BCUT2D eigenvalue weighted by Gasteiger charge is -2.36. The third-order valence-electron chi connectivity index (χ3n) is 6.25. The molecule has 0 unspecified atom stereocenters. The van der Waals surface area contributed by atoms with E-state index in [0.29, 0.717) is 18.7 Å². The largest absolute Gasteiger partial charge is 0.367 e. The fourth-order valence-corrected chi connectivity index (χ4v) is 4.76. The Morgan fingerprint density at radius 1 is 0.781 bits per heavy atom. The number of anilines is 2. The van der Waals surface area contributed by atoms with Gasteiger partial charge in [0.05, 0.1) is 10.7 Å². The Morgan fingerprint density at radius 3 is 2.19 bits per heavy atom. The minimum atomic E-state index is 0.0641. The summed E-state index contributed by atoms with van der Waals surface area (Å²) in [6, 6.07) is 15.6. The molecular formula is C25H26ClN5O. The monoisotopic (exact) mass is 447 g/mol. The summed E-state index contributed by atoms with van der Waals surface area (Å²) >= 11 is 6.34. The van der Waals surface area contributed by atoms with Crippen LogP contribution < -0.4 is 9.80 Å². The van der Waals surface area contributed by atoms with Crippen molar-refractivity contribution in [2.75, 3.05) is 49.1 Å². The molecule has 164 valence electrons. The van der Waals surface area contributed by atoms with E-state index >= 15 is 0 Å². The number of piperazine rings is 1. The van der Waals surface area contributed by atoms with E-state index < -0.39 is 0 Å². The minimum absolute atomic E-state index is 0.0641. The molecule has 0 spiro atoms. The van der Waals surface area contributed by atoms with Crippen molar-refractivity contribution in [3.05, 3.63) is 71.5 Å². The standard InChI is InChI=1S/C25H26ClN5O/c26-21-5-1-2-6-22(21)29-15-17-31(18-16-29)25(32)20-9-7-19(8-10-20)23-24(28-12-11-27-23)30-13-3-4-14-30/h1-2,5-12H,3-4,13-18H2. The van der Waals surface area contributed by atoms with Gasteiger partial charge >= 0.3 is 0 Å². The highest BCUT2D eigenvalue weighted by Crippen LogP contribution is 2.30. The fraction of sp³-hybridized carbons (Fsp3) is 0.320. The van der Waals surface area contributed by atoms with Gasteiger partial charge in [-0.25, -0.2) is 4.98 Å². The Balaban J connectivity index is 1.27. The number of para-hydroxylation sites is 1. The van der Waals surface area contributed by atoms with Gasteiger partial charge in [-0.2, -0.15) is 0 Å². The first-order valence-electron chi connectivity index (χ1n) is 11.2. The van der Waals surface area contributed by atoms with Crippen LogP contribution in [-0.4, -0.2) is 60.0 Å².